The third-order valence-corrected chi connectivity index (χ3v) is 4.46. The molecule has 2 aromatic rings. The van der Waals surface area contributed by atoms with Gasteiger partial charge in [0.25, 0.3) is 0 Å². The molecule has 4 heteroatoms. The molecular formula is C17H20Cl2N2. The molecule has 2 N–H and O–H groups in total. The molecule has 0 amide bonds. The summed E-state index contributed by atoms with van der Waals surface area (Å²) in [4.78, 5) is 2.31. The summed E-state index contributed by atoms with van der Waals surface area (Å²) in [5, 5.41) is 1.22. The number of hydrogen-bond acceptors (Lipinski definition) is 2. The highest BCUT2D eigenvalue weighted by Crippen LogP contribution is 2.33. The Bertz CT molecular complexity index is 572. The van der Waals surface area contributed by atoms with E-state index in [1.165, 1.54) is 5.56 Å². The van der Waals surface area contributed by atoms with E-state index in [0.717, 1.165) is 18.7 Å². The van der Waals surface area contributed by atoms with E-state index in [2.05, 4.69) is 24.0 Å². The van der Waals surface area contributed by atoms with Gasteiger partial charge < -0.3 is 5.73 Å². The zero-order chi connectivity index (χ0) is 15.2. The number of hydrogen-bond donors (Lipinski definition) is 1. The van der Waals surface area contributed by atoms with Gasteiger partial charge in [-0.3, -0.25) is 4.90 Å². The van der Waals surface area contributed by atoms with Crippen LogP contribution in [0.25, 0.3) is 0 Å². The van der Waals surface area contributed by atoms with Crippen LogP contribution in [0.15, 0.2) is 48.5 Å². The number of halogens is 2. The first kappa shape index (κ1) is 16.3. The second kappa shape index (κ2) is 7.81. The molecule has 0 saturated heterocycles. The summed E-state index contributed by atoms with van der Waals surface area (Å²) in [5.74, 6) is 0. The van der Waals surface area contributed by atoms with Gasteiger partial charge in [0.15, 0.2) is 0 Å². The van der Waals surface area contributed by atoms with Crippen molar-refractivity contribution in [1.82, 2.24) is 4.90 Å². The number of nitrogens with zero attached hydrogens (tertiary/aromatic N) is 1. The fourth-order valence-corrected chi connectivity index (χ4v) is 2.90. The van der Waals surface area contributed by atoms with E-state index in [9.17, 15) is 0 Å². The summed E-state index contributed by atoms with van der Waals surface area (Å²) < 4.78 is 0. The van der Waals surface area contributed by atoms with Gasteiger partial charge in [-0.05, 0) is 24.1 Å². The minimum absolute atomic E-state index is 0.153. The monoisotopic (exact) mass is 322 g/mol. The molecule has 0 aliphatic carbocycles. The van der Waals surface area contributed by atoms with Crippen molar-refractivity contribution in [3.05, 3.63) is 69.7 Å². The lowest BCUT2D eigenvalue weighted by Crippen LogP contribution is -2.31. The van der Waals surface area contributed by atoms with Crippen LogP contribution in [0, 0.1) is 0 Å². The van der Waals surface area contributed by atoms with Gasteiger partial charge in [-0.15, -0.1) is 0 Å². The average Bonchev–Trinajstić information content (AvgIpc) is 2.50. The lowest BCUT2D eigenvalue weighted by molar-refractivity contribution is 0.207. The van der Waals surface area contributed by atoms with Gasteiger partial charge in [0, 0.05) is 25.7 Å². The van der Waals surface area contributed by atoms with Crippen LogP contribution in [0.3, 0.4) is 0 Å². The van der Waals surface area contributed by atoms with Crippen molar-refractivity contribution in [1.29, 1.82) is 0 Å². The molecule has 0 radical (unpaired) electrons. The Balaban J connectivity index is 2.23. The van der Waals surface area contributed by atoms with E-state index in [1.807, 2.05) is 36.4 Å². The first-order valence-corrected chi connectivity index (χ1v) is 7.81. The van der Waals surface area contributed by atoms with Crippen molar-refractivity contribution in [2.24, 2.45) is 5.73 Å². The maximum Gasteiger partial charge on any atom is 0.0640 e. The molecule has 1 unspecified atom stereocenters. The molecule has 0 heterocycles. The van der Waals surface area contributed by atoms with Crippen LogP contribution < -0.4 is 5.73 Å². The molecule has 1 atom stereocenters. The summed E-state index contributed by atoms with van der Waals surface area (Å²) in [5.41, 5.74) is 8.06. The highest BCUT2D eigenvalue weighted by atomic mass is 35.5. The lowest BCUT2D eigenvalue weighted by Gasteiger charge is -2.30. The van der Waals surface area contributed by atoms with Crippen LogP contribution in [-0.4, -0.2) is 18.0 Å². The quantitative estimate of drug-likeness (QED) is 0.847. The molecule has 0 saturated carbocycles. The van der Waals surface area contributed by atoms with Crippen molar-refractivity contribution < 1.29 is 0 Å². The number of nitrogens with two attached hydrogens (primary N) is 1. The van der Waals surface area contributed by atoms with Gasteiger partial charge in [0.05, 0.1) is 10.0 Å². The molecule has 2 rings (SSSR count). The van der Waals surface area contributed by atoms with Crippen LogP contribution >= 0.6 is 23.2 Å². The molecule has 2 aromatic carbocycles. The Kier molecular flexibility index (Phi) is 6.07. The minimum atomic E-state index is 0.153. The Morgan fingerprint density at radius 1 is 1.05 bits per heavy atom. The molecule has 0 spiro atoms. The summed E-state index contributed by atoms with van der Waals surface area (Å²) >= 11 is 12.5. The topological polar surface area (TPSA) is 29.3 Å². The summed E-state index contributed by atoms with van der Waals surface area (Å²) in [6.07, 6.45) is 0. The van der Waals surface area contributed by atoms with Crippen molar-refractivity contribution in [2.45, 2.75) is 19.5 Å². The van der Waals surface area contributed by atoms with Gasteiger partial charge >= 0.3 is 0 Å². The van der Waals surface area contributed by atoms with E-state index in [-0.39, 0.29) is 6.04 Å². The predicted molar refractivity (Wildman–Crippen MR) is 90.8 cm³/mol. The van der Waals surface area contributed by atoms with E-state index in [4.69, 9.17) is 28.9 Å². The third-order valence-electron chi connectivity index (χ3n) is 3.62. The Morgan fingerprint density at radius 2 is 1.76 bits per heavy atom. The van der Waals surface area contributed by atoms with Gasteiger partial charge in [-0.2, -0.15) is 0 Å². The van der Waals surface area contributed by atoms with Crippen molar-refractivity contribution in [3.63, 3.8) is 0 Å². The second-order valence-electron chi connectivity index (χ2n) is 5.06. The maximum atomic E-state index is 6.35. The standard InChI is InChI=1S/C17H20Cl2N2/c1-13(15-8-5-9-16(18)17(15)19)21(11-10-20)12-14-6-3-2-4-7-14/h2-9,13H,10-12,20H2,1H3. The first-order chi connectivity index (χ1) is 10.1. The normalized spacial score (nSPS) is 12.6. The highest BCUT2D eigenvalue weighted by Gasteiger charge is 2.19. The smallest absolute Gasteiger partial charge is 0.0640 e. The Hall–Kier alpha value is -1.06. The average molecular weight is 323 g/mol. The Labute approximate surface area is 136 Å². The van der Waals surface area contributed by atoms with Crippen LogP contribution in [0.2, 0.25) is 10.0 Å². The first-order valence-electron chi connectivity index (χ1n) is 7.05. The maximum absolute atomic E-state index is 6.35. The predicted octanol–water partition coefficient (Wildman–Crippen LogP) is 4.52. The molecular weight excluding hydrogens is 303 g/mol. The molecule has 2 nitrogen and oxygen atoms in total. The molecule has 0 aliphatic rings. The molecule has 0 fully saturated rings. The summed E-state index contributed by atoms with van der Waals surface area (Å²) in [6.45, 7) is 4.38. The SMILES string of the molecule is CC(c1cccc(Cl)c1Cl)N(CCN)Cc1ccccc1. The fourth-order valence-electron chi connectivity index (χ4n) is 2.43. The van der Waals surface area contributed by atoms with Crippen LogP contribution in [0.4, 0.5) is 0 Å². The highest BCUT2D eigenvalue weighted by molar-refractivity contribution is 6.42. The minimum Gasteiger partial charge on any atom is -0.329 e. The van der Waals surface area contributed by atoms with Crippen molar-refractivity contribution >= 4 is 23.2 Å². The van der Waals surface area contributed by atoms with Crippen molar-refractivity contribution in [3.8, 4) is 0 Å². The van der Waals surface area contributed by atoms with Crippen LogP contribution in [0.5, 0.6) is 0 Å². The van der Waals surface area contributed by atoms with E-state index in [1.54, 1.807) is 0 Å². The fraction of sp³-hybridized carbons (Fsp3) is 0.294. The molecule has 21 heavy (non-hydrogen) atoms. The van der Waals surface area contributed by atoms with Crippen LogP contribution in [0.1, 0.15) is 24.1 Å². The molecule has 0 aliphatic heterocycles. The summed E-state index contributed by atoms with van der Waals surface area (Å²) in [7, 11) is 0. The zero-order valence-corrected chi connectivity index (χ0v) is 13.6. The van der Waals surface area contributed by atoms with Crippen LogP contribution in [-0.2, 0) is 6.54 Å². The van der Waals surface area contributed by atoms with Gasteiger partial charge in [0.2, 0.25) is 0 Å². The van der Waals surface area contributed by atoms with Crippen molar-refractivity contribution in [2.75, 3.05) is 13.1 Å². The molecule has 0 aromatic heterocycles. The van der Waals surface area contributed by atoms with E-state index >= 15 is 0 Å². The Morgan fingerprint density at radius 3 is 2.43 bits per heavy atom. The van der Waals surface area contributed by atoms with Gasteiger partial charge in [-0.1, -0.05) is 65.7 Å². The van der Waals surface area contributed by atoms with E-state index in [0.29, 0.717) is 16.6 Å². The lowest BCUT2D eigenvalue weighted by atomic mass is 10.1. The van der Waals surface area contributed by atoms with Gasteiger partial charge in [-0.25, -0.2) is 0 Å². The third kappa shape index (κ3) is 4.21. The largest absolute Gasteiger partial charge is 0.329 e. The summed E-state index contributed by atoms with van der Waals surface area (Å²) in [6, 6.07) is 16.3. The molecule has 0 bridgehead atoms. The van der Waals surface area contributed by atoms with Gasteiger partial charge in [0.1, 0.15) is 0 Å². The second-order valence-corrected chi connectivity index (χ2v) is 5.85. The zero-order valence-electron chi connectivity index (χ0n) is 12.1. The number of benzene rings is 2. The van der Waals surface area contributed by atoms with E-state index < -0.39 is 0 Å². The molecule has 112 valence electrons. The number of rotatable bonds is 6.